The minimum Gasteiger partial charge on any atom is -0.480 e. The lowest BCUT2D eigenvalue weighted by atomic mass is 9.61. The smallest absolute Gasteiger partial charge is 0.414 e. The highest BCUT2D eigenvalue weighted by molar-refractivity contribution is 5.92. The van der Waals surface area contributed by atoms with E-state index in [1.807, 2.05) is 54.6 Å². The van der Waals surface area contributed by atoms with E-state index in [0.29, 0.717) is 5.69 Å². The molecule has 7 heteroatoms. The second kappa shape index (κ2) is 9.82. The Balaban J connectivity index is 1.56. The van der Waals surface area contributed by atoms with E-state index in [0.717, 1.165) is 55.9 Å². The number of benzene rings is 2. The summed E-state index contributed by atoms with van der Waals surface area (Å²) in [6.07, 6.45) is 5.52. The third kappa shape index (κ3) is 4.45. The van der Waals surface area contributed by atoms with Crippen LogP contribution in [0.4, 0.5) is 10.5 Å². The molecule has 35 heavy (non-hydrogen) atoms. The highest BCUT2D eigenvalue weighted by Crippen LogP contribution is 2.53. The third-order valence-electron chi connectivity index (χ3n) is 7.83. The fourth-order valence-corrected chi connectivity index (χ4v) is 6.16. The first-order valence-electron chi connectivity index (χ1n) is 12.6. The Morgan fingerprint density at radius 1 is 1.03 bits per heavy atom. The van der Waals surface area contributed by atoms with Gasteiger partial charge in [-0.2, -0.15) is 0 Å². The lowest BCUT2D eigenvalue weighted by molar-refractivity contribution is -0.148. The van der Waals surface area contributed by atoms with E-state index in [2.05, 4.69) is 5.32 Å². The van der Waals surface area contributed by atoms with Crippen LogP contribution in [0.2, 0.25) is 0 Å². The molecule has 2 aromatic carbocycles. The van der Waals surface area contributed by atoms with Crippen LogP contribution >= 0.6 is 0 Å². The standard InChI is InChI=1S/C28H32N2O5/c31-17-16-28(26(32)33,29-20-14-15-20)25-21-10-4-6-12-23(21)30(24-13-7-5-11-22(24)25)27(34)35-18-19-8-2-1-3-9-19/h1-4,6,8-10,12,17,20,22,24-25,29H,5,7,11,13-16,18H2,(H,32,33)/t22-,24+,25?,28?/m0/s1. The van der Waals surface area contributed by atoms with Gasteiger partial charge in [0.1, 0.15) is 18.4 Å². The lowest BCUT2D eigenvalue weighted by Crippen LogP contribution is -2.64. The summed E-state index contributed by atoms with van der Waals surface area (Å²) >= 11 is 0. The molecule has 2 unspecified atom stereocenters. The second-order valence-electron chi connectivity index (χ2n) is 10.0. The van der Waals surface area contributed by atoms with E-state index in [1.165, 1.54) is 0 Å². The molecule has 4 atom stereocenters. The molecule has 2 fully saturated rings. The van der Waals surface area contributed by atoms with Crippen LogP contribution in [0.25, 0.3) is 0 Å². The molecule has 0 bridgehead atoms. The molecule has 0 spiro atoms. The Kier molecular flexibility index (Phi) is 6.60. The zero-order valence-electron chi connectivity index (χ0n) is 19.8. The summed E-state index contributed by atoms with van der Waals surface area (Å²) in [7, 11) is 0. The van der Waals surface area contributed by atoms with E-state index >= 15 is 0 Å². The number of anilines is 1. The summed E-state index contributed by atoms with van der Waals surface area (Å²) in [4.78, 5) is 40.0. The molecule has 3 aliphatic rings. The van der Waals surface area contributed by atoms with Crippen LogP contribution in [0.5, 0.6) is 0 Å². The monoisotopic (exact) mass is 476 g/mol. The van der Waals surface area contributed by atoms with Crippen LogP contribution in [0.3, 0.4) is 0 Å². The summed E-state index contributed by atoms with van der Waals surface area (Å²) in [5.41, 5.74) is 0.991. The van der Waals surface area contributed by atoms with Crippen LogP contribution in [0, 0.1) is 5.92 Å². The fourth-order valence-electron chi connectivity index (χ4n) is 6.16. The van der Waals surface area contributed by atoms with Gasteiger partial charge in [0.15, 0.2) is 0 Å². The predicted octanol–water partition coefficient (Wildman–Crippen LogP) is 4.65. The Morgan fingerprint density at radius 2 is 1.74 bits per heavy atom. The largest absolute Gasteiger partial charge is 0.480 e. The van der Waals surface area contributed by atoms with Crippen molar-refractivity contribution < 1.29 is 24.2 Å². The summed E-state index contributed by atoms with van der Waals surface area (Å²) in [6.45, 7) is 0.173. The number of hydrogen-bond acceptors (Lipinski definition) is 5. The maximum atomic E-state index is 13.5. The quantitative estimate of drug-likeness (QED) is 0.539. The second-order valence-corrected chi connectivity index (χ2v) is 10.0. The molecule has 1 aliphatic heterocycles. The zero-order valence-corrected chi connectivity index (χ0v) is 19.8. The van der Waals surface area contributed by atoms with Gasteiger partial charge in [0.05, 0.1) is 5.69 Å². The maximum absolute atomic E-state index is 13.5. The highest BCUT2D eigenvalue weighted by Gasteiger charge is 2.57. The molecule has 2 aliphatic carbocycles. The van der Waals surface area contributed by atoms with Gasteiger partial charge in [-0.3, -0.25) is 15.0 Å². The average Bonchev–Trinajstić information content (AvgIpc) is 3.70. The van der Waals surface area contributed by atoms with Gasteiger partial charge in [-0.15, -0.1) is 0 Å². The van der Waals surface area contributed by atoms with Crippen molar-refractivity contribution in [1.29, 1.82) is 0 Å². The number of rotatable bonds is 8. The number of nitrogens with zero attached hydrogens (tertiary/aromatic N) is 1. The fraction of sp³-hybridized carbons (Fsp3) is 0.464. The van der Waals surface area contributed by atoms with Crippen molar-refractivity contribution >= 4 is 24.0 Å². The number of aliphatic carboxylic acids is 1. The van der Waals surface area contributed by atoms with Crippen molar-refractivity contribution in [1.82, 2.24) is 5.32 Å². The Morgan fingerprint density at radius 3 is 2.46 bits per heavy atom. The first-order chi connectivity index (χ1) is 17.0. The first kappa shape index (κ1) is 23.5. The van der Waals surface area contributed by atoms with Crippen molar-refractivity contribution in [3.05, 3.63) is 65.7 Å². The number of fused-ring (bicyclic) bond motifs is 2. The number of carbonyl (C=O) groups is 3. The number of carbonyl (C=O) groups excluding carboxylic acids is 2. The Labute approximate surface area is 205 Å². The Hall–Kier alpha value is -3.19. The summed E-state index contributed by atoms with van der Waals surface area (Å²) in [5.74, 6) is -1.52. The molecule has 184 valence electrons. The van der Waals surface area contributed by atoms with Crippen molar-refractivity contribution in [3.63, 3.8) is 0 Å². The number of hydrogen-bond donors (Lipinski definition) is 2. The Bertz CT molecular complexity index is 1090. The highest BCUT2D eigenvalue weighted by atomic mass is 16.6. The molecule has 0 saturated heterocycles. The normalized spacial score (nSPS) is 25.0. The summed E-state index contributed by atoms with van der Waals surface area (Å²) in [5, 5.41) is 13.9. The zero-order chi connectivity index (χ0) is 24.4. The van der Waals surface area contributed by atoms with E-state index in [4.69, 9.17) is 4.74 Å². The van der Waals surface area contributed by atoms with Crippen molar-refractivity contribution in [2.75, 3.05) is 4.90 Å². The van der Waals surface area contributed by atoms with Crippen molar-refractivity contribution in [2.45, 2.75) is 75.1 Å². The van der Waals surface area contributed by atoms with Gasteiger partial charge in [0, 0.05) is 24.4 Å². The van der Waals surface area contributed by atoms with Crippen LogP contribution < -0.4 is 10.2 Å². The molecular weight excluding hydrogens is 444 g/mol. The third-order valence-corrected chi connectivity index (χ3v) is 7.83. The van der Waals surface area contributed by atoms with Crippen LogP contribution in [0.1, 0.15) is 62.0 Å². The van der Waals surface area contributed by atoms with Crippen LogP contribution in [0.15, 0.2) is 54.6 Å². The SMILES string of the molecule is O=CCC(NC1CC1)(C(=O)O)C1c2ccccc2N(C(=O)OCc2ccccc2)[C@@H]2CCCC[C@H]12. The molecule has 2 aromatic rings. The van der Waals surface area contributed by atoms with Crippen molar-refractivity contribution in [2.24, 2.45) is 5.92 Å². The molecule has 1 amide bonds. The molecule has 1 heterocycles. The molecule has 2 N–H and O–H groups in total. The van der Waals surface area contributed by atoms with Gasteiger partial charge in [-0.05, 0) is 48.8 Å². The van der Waals surface area contributed by atoms with Crippen LogP contribution in [-0.4, -0.2) is 41.1 Å². The number of aldehydes is 1. The number of carboxylic acids is 1. The molecule has 7 nitrogen and oxygen atoms in total. The molecule has 5 rings (SSSR count). The molecule has 0 radical (unpaired) electrons. The van der Waals surface area contributed by atoms with Gasteiger partial charge < -0.3 is 14.6 Å². The average molecular weight is 477 g/mol. The predicted molar refractivity (Wildman–Crippen MR) is 131 cm³/mol. The number of para-hydroxylation sites is 1. The summed E-state index contributed by atoms with van der Waals surface area (Å²) < 4.78 is 5.76. The molecular formula is C28H32N2O5. The minimum atomic E-state index is -1.40. The van der Waals surface area contributed by atoms with E-state index in [9.17, 15) is 19.5 Å². The van der Waals surface area contributed by atoms with Gasteiger partial charge in [-0.1, -0.05) is 61.4 Å². The lowest BCUT2D eigenvalue weighted by Gasteiger charge is -2.53. The van der Waals surface area contributed by atoms with Crippen molar-refractivity contribution in [3.8, 4) is 0 Å². The maximum Gasteiger partial charge on any atom is 0.414 e. The van der Waals surface area contributed by atoms with Gasteiger partial charge in [-0.25, -0.2) is 4.79 Å². The molecule has 2 saturated carbocycles. The van der Waals surface area contributed by atoms with Gasteiger partial charge >= 0.3 is 12.1 Å². The van der Waals surface area contributed by atoms with E-state index < -0.39 is 23.5 Å². The van der Waals surface area contributed by atoms with Gasteiger partial charge in [0.25, 0.3) is 0 Å². The number of nitrogens with one attached hydrogen (secondary N) is 1. The molecule has 0 aromatic heterocycles. The van der Waals surface area contributed by atoms with Crippen LogP contribution in [-0.2, 0) is 20.9 Å². The van der Waals surface area contributed by atoms with E-state index in [1.54, 1.807) is 4.90 Å². The minimum absolute atomic E-state index is 0.0924. The van der Waals surface area contributed by atoms with Gasteiger partial charge in [0.2, 0.25) is 0 Å². The number of amides is 1. The number of carboxylic acid groups (broad SMARTS) is 1. The first-order valence-corrected chi connectivity index (χ1v) is 12.6. The summed E-state index contributed by atoms with van der Waals surface area (Å²) in [6, 6.07) is 17.0. The topological polar surface area (TPSA) is 95.9 Å². The number of ether oxygens (including phenoxy) is 1. The van der Waals surface area contributed by atoms with E-state index in [-0.39, 0.29) is 31.0 Å².